The van der Waals surface area contributed by atoms with Gasteiger partial charge in [-0.25, -0.2) is 4.79 Å². The summed E-state index contributed by atoms with van der Waals surface area (Å²) < 4.78 is 5.34. The van der Waals surface area contributed by atoms with Crippen molar-refractivity contribution in [3.8, 4) is 0 Å². The Kier molecular flexibility index (Phi) is 4.21. The van der Waals surface area contributed by atoms with Crippen LogP contribution in [0, 0.1) is 0 Å². The Morgan fingerprint density at radius 2 is 2.15 bits per heavy atom. The highest BCUT2D eigenvalue weighted by Crippen LogP contribution is 2.23. The molecule has 0 aromatic heterocycles. The van der Waals surface area contributed by atoms with Crippen molar-refractivity contribution in [2.24, 2.45) is 0 Å². The zero-order valence-electron chi connectivity index (χ0n) is 12.8. The van der Waals surface area contributed by atoms with Crippen molar-refractivity contribution in [3.05, 3.63) is 29.3 Å². The van der Waals surface area contributed by atoms with Gasteiger partial charge in [0.15, 0.2) is 0 Å². The molecular weight excluding hydrogens is 252 g/mol. The standard InChI is InChI=1S/C16H24N2O2/c1-16(2,3)20-15(19)18(4)10-8-12-5-6-14-13(11-12)7-9-17-14/h5-6,11,17H,7-10H2,1-4H3. The summed E-state index contributed by atoms with van der Waals surface area (Å²) in [4.78, 5) is 13.5. The van der Waals surface area contributed by atoms with Crippen LogP contribution in [0.3, 0.4) is 0 Å². The fourth-order valence-corrected chi connectivity index (χ4v) is 2.24. The van der Waals surface area contributed by atoms with E-state index in [9.17, 15) is 4.79 Å². The first kappa shape index (κ1) is 14.7. The fraction of sp³-hybridized carbons (Fsp3) is 0.562. The largest absolute Gasteiger partial charge is 0.444 e. The predicted molar refractivity (Wildman–Crippen MR) is 81.2 cm³/mol. The Balaban J connectivity index is 1.87. The van der Waals surface area contributed by atoms with Crippen LogP contribution < -0.4 is 5.32 Å². The van der Waals surface area contributed by atoms with Gasteiger partial charge in [-0.15, -0.1) is 0 Å². The van der Waals surface area contributed by atoms with Crippen LogP contribution in [0.1, 0.15) is 31.9 Å². The number of anilines is 1. The van der Waals surface area contributed by atoms with Crippen molar-refractivity contribution in [2.75, 3.05) is 25.5 Å². The summed E-state index contributed by atoms with van der Waals surface area (Å²) in [5, 5.41) is 3.35. The van der Waals surface area contributed by atoms with Gasteiger partial charge in [0, 0.05) is 25.8 Å². The first-order chi connectivity index (χ1) is 9.35. The van der Waals surface area contributed by atoms with E-state index in [1.165, 1.54) is 16.8 Å². The van der Waals surface area contributed by atoms with Crippen molar-refractivity contribution in [2.45, 2.75) is 39.2 Å². The lowest BCUT2D eigenvalue weighted by atomic mass is 10.1. The minimum absolute atomic E-state index is 0.264. The van der Waals surface area contributed by atoms with Gasteiger partial charge < -0.3 is 15.0 Å². The van der Waals surface area contributed by atoms with Crippen LogP contribution in [-0.2, 0) is 17.6 Å². The first-order valence-corrected chi connectivity index (χ1v) is 7.15. The molecule has 0 saturated carbocycles. The smallest absolute Gasteiger partial charge is 0.410 e. The van der Waals surface area contributed by atoms with E-state index in [1.807, 2.05) is 20.8 Å². The summed E-state index contributed by atoms with van der Waals surface area (Å²) in [6, 6.07) is 6.49. The molecule has 0 fully saturated rings. The average molecular weight is 276 g/mol. The number of fused-ring (bicyclic) bond motifs is 1. The zero-order valence-corrected chi connectivity index (χ0v) is 12.8. The summed E-state index contributed by atoms with van der Waals surface area (Å²) in [6.45, 7) is 7.34. The molecule has 1 amide bonds. The molecule has 0 spiro atoms. The third-order valence-corrected chi connectivity index (χ3v) is 3.32. The average Bonchev–Trinajstić information content (AvgIpc) is 2.81. The summed E-state index contributed by atoms with van der Waals surface area (Å²) >= 11 is 0. The van der Waals surface area contributed by atoms with E-state index >= 15 is 0 Å². The Labute approximate surface area is 121 Å². The van der Waals surface area contributed by atoms with Crippen molar-refractivity contribution < 1.29 is 9.53 Å². The zero-order chi connectivity index (χ0) is 14.8. The maximum Gasteiger partial charge on any atom is 0.410 e. The van der Waals surface area contributed by atoms with Crippen LogP contribution >= 0.6 is 0 Å². The number of nitrogens with one attached hydrogen (secondary N) is 1. The van der Waals surface area contributed by atoms with E-state index in [0.29, 0.717) is 6.54 Å². The van der Waals surface area contributed by atoms with Crippen molar-refractivity contribution >= 4 is 11.8 Å². The summed E-state index contributed by atoms with van der Waals surface area (Å²) in [5.41, 5.74) is 3.45. The van der Waals surface area contributed by atoms with Gasteiger partial charge in [0.2, 0.25) is 0 Å². The first-order valence-electron chi connectivity index (χ1n) is 7.15. The van der Waals surface area contributed by atoms with Crippen LogP contribution in [0.2, 0.25) is 0 Å². The molecule has 1 aliphatic rings. The normalized spacial score (nSPS) is 13.6. The van der Waals surface area contributed by atoms with Gasteiger partial charge in [-0.05, 0) is 50.8 Å². The monoisotopic (exact) mass is 276 g/mol. The van der Waals surface area contributed by atoms with Crippen molar-refractivity contribution in [3.63, 3.8) is 0 Å². The number of rotatable bonds is 3. The molecule has 4 heteroatoms. The maximum absolute atomic E-state index is 11.9. The number of ether oxygens (including phenoxy) is 1. The predicted octanol–water partition coefficient (Wildman–Crippen LogP) is 3.06. The summed E-state index contributed by atoms with van der Waals surface area (Å²) in [5.74, 6) is 0. The Morgan fingerprint density at radius 3 is 2.85 bits per heavy atom. The molecule has 1 aliphatic heterocycles. The number of likely N-dealkylation sites (N-methyl/N-ethyl adjacent to an activating group) is 1. The minimum Gasteiger partial charge on any atom is -0.444 e. The van der Waals surface area contributed by atoms with Crippen LogP contribution in [0.25, 0.3) is 0 Å². The van der Waals surface area contributed by atoms with Crippen LogP contribution in [-0.4, -0.2) is 36.7 Å². The topological polar surface area (TPSA) is 41.6 Å². The van der Waals surface area contributed by atoms with Crippen molar-refractivity contribution in [1.29, 1.82) is 0 Å². The van der Waals surface area contributed by atoms with E-state index in [2.05, 4.69) is 23.5 Å². The molecule has 1 aromatic rings. The lowest BCUT2D eigenvalue weighted by molar-refractivity contribution is 0.0301. The van der Waals surface area contributed by atoms with Gasteiger partial charge in [0.05, 0.1) is 0 Å². The number of hydrogen-bond acceptors (Lipinski definition) is 3. The number of carbonyl (C=O) groups is 1. The number of carbonyl (C=O) groups excluding carboxylic acids is 1. The minimum atomic E-state index is -0.440. The van der Waals surface area contributed by atoms with E-state index in [1.54, 1.807) is 11.9 Å². The third kappa shape index (κ3) is 3.89. The highest BCUT2D eigenvalue weighted by molar-refractivity contribution is 5.67. The highest BCUT2D eigenvalue weighted by atomic mass is 16.6. The molecule has 0 bridgehead atoms. The quantitative estimate of drug-likeness (QED) is 0.922. The maximum atomic E-state index is 11.9. The second-order valence-corrected chi connectivity index (χ2v) is 6.32. The Hall–Kier alpha value is -1.71. The molecular formula is C16H24N2O2. The molecule has 0 atom stereocenters. The van der Waals surface area contributed by atoms with E-state index in [-0.39, 0.29) is 6.09 Å². The van der Waals surface area contributed by atoms with E-state index in [0.717, 1.165) is 19.4 Å². The molecule has 0 unspecified atom stereocenters. The molecule has 110 valence electrons. The summed E-state index contributed by atoms with van der Waals surface area (Å²) in [7, 11) is 1.78. The van der Waals surface area contributed by atoms with Crippen LogP contribution in [0.15, 0.2) is 18.2 Å². The molecule has 0 aliphatic carbocycles. The second kappa shape index (κ2) is 5.73. The van der Waals surface area contributed by atoms with Gasteiger partial charge >= 0.3 is 6.09 Å². The number of benzene rings is 1. The van der Waals surface area contributed by atoms with Crippen LogP contribution in [0.5, 0.6) is 0 Å². The fourth-order valence-electron chi connectivity index (χ4n) is 2.24. The lowest BCUT2D eigenvalue weighted by Gasteiger charge is -2.24. The van der Waals surface area contributed by atoms with Gasteiger partial charge in [0.25, 0.3) is 0 Å². The molecule has 2 rings (SSSR count). The van der Waals surface area contributed by atoms with Crippen molar-refractivity contribution in [1.82, 2.24) is 4.90 Å². The summed E-state index contributed by atoms with van der Waals surface area (Å²) in [6.07, 6.45) is 1.68. The molecule has 0 radical (unpaired) electrons. The number of amides is 1. The molecule has 1 heterocycles. The highest BCUT2D eigenvalue weighted by Gasteiger charge is 2.19. The third-order valence-electron chi connectivity index (χ3n) is 3.32. The van der Waals surface area contributed by atoms with Gasteiger partial charge in [-0.3, -0.25) is 0 Å². The second-order valence-electron chi connectivity index (χ2n) is 6.32. The number of hydrogen-bond donors (Lipinski definition) is 1. The van der Waals surface area contributed by atoms with Gasteiger partial charge in [0.1, 0.15) is 5.60 Å². The van der Waals surface area contributed by atoms with E-state index in [4.69, 9.17) is 4.74 Å². The molecule has 1 N–H and O–H groups in total. The Morgan fingerprint density at radius 1 is 1.40 bits per heavy atom. The van der Waals surface area contributed by atoms with E-state index < -0.39 is 5.60 Å². The molecule has 20 heavy (non-hydrogen) atoms. The molecule has 1 aromatic carbocycles. The number of nitrogens with zero attached hydrogens (tertiary/aromatic N) is 1. The van der Waals surface area contributed by atoms with Gasteiger partial charge in [-0.2, -0.15) is 0 Å². The molecule has 0 saturated heterocycles. The van der Waals surface area contributed by atoms with Gasteiger partial charge in [-0.1, -0.05) is 12.1 Å². The SMILES string of the molecule is CN(CCc1ccc2c(c1)CCN2)C(=O)OC(C)(C)C. The van der Waals surface area contributed by atoms with Crippen LogP contribution in [0.4, 0.5) is 10.5 Å². The Bertz CT molecular complexity index is 492. The molecule has 4 nitrogen and oxygen atoms in total. The lowest BCUT2D eigenvalue weighted by Crippen LogP contribution is -2.35.